The van der Waals surface area contributed by atoms with E-state index in [0.29, 0.717) is 17.5 Å². The average Bonchev–Trinajstić information content (AvgIpc) is 4.02. The molecule has 302 valence electrons. The normalized spacial score (nSPS) is 11.6. The molecule has 0 N–H and O–H groups in total. The van der Waals surface area contributed by atoms with E-state index in [2.05, 4.69) is 152 Å². The first-order valence-electron chi connectivity index (χ1n) is 21.4. The summed E-state index contributed by atoms with van der Waals surface area (Å²) in [5.74, 6) is 2.68. The van der Waals surface area contributed by atoms with Crippen molar-refractivity contribution in [3.8, 4) is 73.4 Å². The Balaban J connectivity index is 1.18. The van der Waals surface area contributed by atoms with Gasteiger partial charge in [0.1, 0.15) is 11.3 Å². The van der Waals surface area contributed by atoms with Crippen molar-refractivity contribution >= 4 is 60.3 Å². The van der Waals surface area contributed by atoms with Crippen LogP contribution in [0.5, 0.6) is 0 Å². The number of hydrogen-bond acceptors (Lipinski definition) is 5. The lowest BCUT2D eigenvalue weighted by Gasteiger charge is -2.21. The number of benzene rings is 8. The maximum atomic E-state index is 7.20. The number of hydrogen-bond donors (Lipinski definition) is 0. The van der Waals surface area contributed by atoms with Gasteiger partial charge in [0.2, 0.25) is 0 Å². The van der Waals surface area contributed by atoms with Gasteiger partial charge in [0.25, 0.3) is 0 Å². The van der Waals surface area contributed by atoms with Gasteiger partial charge in [-0.25, -0.2) is 15.0 Å². The highest BCUT2D eigenvalue weighted by Crippen LogP contribution is 2.49. The van der Waals surface area contributed by atoms with Gasteiger partial charge < -0.3 is 8.98 Å². The molecule has 64 heavy (non-hydrogen) atoms. The summed E-state index contributed by atoms with van der Waals surface area (Å²) in [6, 6.07) is 67.8. The zero-order chi connectivity index (χ0) is 42.7. The van der Waals surface area contributed by atoms with E-state index in [4.69, 9.17) is 19.4 Å². The monoisotopic (exact) mass is 838 g/mol. The molecule has 5 nitrogen and oxygen atoms in total. The van der Waals surface area contributed by atoms with Crippen LogP contribution in [0.4, 0.5) is 0 Å². The summed E-state index contributed by atoms with van der Waals surface area (Å²) in [4.78, 5) is 16.7. The van der Waals surface area contributed by atoms with Gasteiger partial charge in [-0.1, -0.05) is 170 Å². The first-order valence-corrected chi connectivity index (χ1v) is 22.2. The Morgan fingerprint density at radius 1 is 0.500 bits per heavy atom. The highest BCUT2D eigenvalue weighted by molar-refractivity contribution is 7.19. The van der Waals surface area contributed by atoms with Crippen molar-refractivity contribution in [1.82, 2.24) is 19.5 Å². The highest BCUT2D eigenvalue weighted by atomic mass is 32.1. The van der Waals surface area contributed by atoms with Gasteiger partial charge in [-0.15, -0.1) is 11.3 Å². The number of fused-ring (bicyclic) bond motifs is 6. The van der Waals surface area contributed by atoms with Crippen LogP contribution in [0.1, 0.15) is 10.4 Å². The minimum atomic E-state index is 0.592. The van der Waals surface area contributed by atoms with Crippen molar-refractivity contribution in [2.75, 3.05) is 0 Å². The second kappa shape index (κ2) is 15.3. The van der Waals surface area contributed by atoms with E-state index in [1.165, 1.54) is 15.0 Å². The third kappa shape index (κ3) is 6.10. The van der Waals surface area contributed by atoms with Crippen molar-refractivity contribution in [2.45, 2.75) is 6.92 Å². The van der Waals surface area contributed by atoms with Crippen LogP contribution in [0.15, 0.2) is 205 Å². The summed E-state index contributed by atoms with van der Waals surface area (Å²) in [7, 11) is 0. The van der Waals surface area contributed by atoms with Gasteiger partial charge in [-0.3, -0.25) is 0 Å². The molecule has 0 radical (unpaired) electrons. The molecule has 6 heteroatoms. The molecule has 8 aromatic carbocycles. The van der Waals surface area contributed by atoms with Crippen LogP contribution in [-0.4, -0.2) is 19.5 Å². The van der Waals surface area contributed by atoms with Crippen molar-refractivity contribution in [3.63, 3.8) is 0 Å². The summed E-state index contributed by atoms with van der Waals surface area (Å²) in [6.07, 6.45) is 1.95. The lowest BCUT2D eigenvalue weighted by molar-refractivity contribution is 0.635. The first-order chi connectivity index (χ1) is 31.6. The Morgan fingerprint density at radius 2 is 1.00 bits per heavy atom. The quantitative estimate of drug-likeness (QED) is 0.153. The van der Waals surface area contributed by atoms with E-state index in [1.807, 2.05) is 66.7 Å². The first kappa shape index (κ1) is 37.6. The average molecular weight is 839 g/mol. The minimum Gasteiger partial charge on any atom is -0.455 e. The fourth-order valence-electron chi connectivity index (χ4n) is 9.32. The number of aryl methyl sites for hydroxylation is 1. The number of nitrogens with zero attached hydrogens (tertiary/aromatic N) is 4. The van der Waals surface area contributed by atoms with E-state index >= 15 is 0 Å². The molecule has 0 fully saturated rings. The van der Waals surface area contributed by atoms with E-state index in [9.17, 15) is 0 Å². The van der Waals surface area contributed by atoms with E-state index in [0.717, 1.165) is 94.3 Å². The lowest BCUT2D eigenvalue weighted by Crippen LogP contribution is -2.04. The zero-order valence-corrected chi connectivity index (χ0v) is 35.7. The molecule has 0 atom stereocenters. The number of aromatic nitrogens is 4. The summed E-state index contributed by atoms with van der Waals surface area (Å²) < 4.78 is 10.9. The van der Waals surface area contributed by atoms with Gasteiger partial charge in [0.15, 0.2) is 17.5 Å². The second-order valence-electron chi connectivity index (χ2n) is 16.0. The molecular formula is C58H38N4OS. The molecule has 0 spiro atoms. The van der Waals surface area contributed by atoms with Crippen LogP contribution in [0.2, 0.25) is 0 Å². The standard InChI is InChI=1S/C58H38N4OS/c1-3-42-43-32-33-49-52(55(43)63-54(42)51-36(2)64-50-31-19-17-29-45(50)51)44-28-16-18-30-48(44)62(49)53-46(37-20-8-4-9-21-37)34-41(35-47(53)38-22-10-5-11-23-38)58-60-56(39-24-12-6-13-25-39)59-57(61-58)40-26-14-7-15-27-40/h3-35H,1H2,2H3. The van der Waals surface area contributed by atoms with Crippen LogP contribution in [0.3, 0.4) is 0 Å². The zero-order valence-electron chi connectivity index (χ0n) is 34.9. The summed E-state index contributed by atoms with van der Waals surface area (Å²) in [5.41, 5.74) is 13.1. The molecule has 0 unspecified atom stereocenters. The van der Waals surface area contributed by atoms with Crippen LogP contribution < -0.4 is 0 Å². The van der Waals surface area contributed by atoms with Gasteiger partial charge >= 0.3 is 0 Å². The Kier molecular flexibility index (Phi) is 8.99. The molecule has 0 aliphatic heterocycles. The third-order valence-electron chi connectivity index (χ3n) is 12.2. The van der Waals surface area contributed by atoms with Crippen LogP contribution in [-0.2, 0) is 0 Å². The highest BCUT2D eigenvalue weighted by Gasteiger charge is 2.27. The lowest BCUT2D eigenvalue weighted by atomic mass is 9.92. The van der Waals surface area contributed by atoms with Crippen LogP contribution in [0.25, 0.3) is 122 Å². The van der Waals surface area contributed by atoms with E-state index < -0.39 is 0 Å². The molecule has 0 aliphatic rings. The SMILES string of the molecule is C=Cc1c(-c2c(C)sc3ccccc23)oc2c1ccc1c2c2ccccc2n1-c1c(-c2ccccc2)cc(-c2nc(-c3ccccc3)nc(-c3ccccc3)n2)cc1-c1ccccc1. The van der Waals surface area contributed by atoms with Gasteiger partial charge in [0.05, 0.1) is 22.1 Å². The molecule has 4 heterocycles. The molecule has 12 rings (SSSR count). The maximum Gasteiger partial charge on any atom is 0.164 e. The Labute approximate surface area is 373 Å². The molecule has 0 amide bonds. The Morgan fingerprint density at radius 3 is 1.58 bits per heavy atom. The van der Waals surface area contributed by atoms with Gasteiger partial charge in [-0.05, 0) is 54.4 Å². The van der Waals surface area contributed by atoms with Crippen molar-refractivity contribution in [2.24, 2.45) is 0 Å². The second-order valence-corrected chi connectivity index (χ2v) is 17.2. The van der Waals surface area contributed by atoms with Crippen LogP contribution >= 0.6 is 11.3 Å². The molecule has 4 aromatic heterocycles. The number of rotatable bonds is 8. The Bertz CT molecular complexity index is 3620. The molecule has 0 saturated heterocycles. The maximum absolute atomic E-state index is 7.20. The minimum absolute atomic E-state index is 0.592. The van der Waals surface area contributed by atoms with Crippen molar-refractivity contribution in [1.29, 1.82) is 0 Å². The van der Waals surface area contributed by atoms with Crippen molar-refractivity contribution < 1.29 is 4.42 Å². The number of para-hydroxylation sites is 1. The fourth-order valence-corrected chi connectivity index (χ4v) is 10.4. The van der Waals surface area contributed by atoms with Crippen molar-refractivity contribution in [3.05, 3.63) is 211 Å². The fraction of sp³-hybridized carbons (Fsp3) is 0.0172. The summed E-state index contributed by atoms with van der Waals surface area (Å²) >= 11 is 1.80. The largest absolute Gasteiger partial charge is 0.455 e. The van der Waals surface area contributed by atoms with Gasteiger partial charge in [-0.2, -0.15) is 0 Å². The molecular weight excluding hydrogens is 801 g/mol. The molecule has 12 aromatic rings. The van der Waals surface area contributed by atoms with E-state index in [-0.39, 0.29) is 0 Å². The third-order valence-corrected chi connectivity index (χ3v) is 13.3. The predicted molar refractivity (Wildman–Crippen MR) is 267 cm³/mol. The van der Waals surface area contributed by atoms with E-state index in [1.54, 1.807) is 11.3 Å². The smallest absolute Gasteiger partial charge is 0.164 e. The summed E-state index contributed by atoms with van der Waals surface area (Å²) in [6.45, 7) is 6.51. The van der Waals surface area contributed by atoms with Gasteiger partial charge in [0, 0.05) is 64.7 Å². The topological polar surface area (TPSA) is 56.7 Å². The number of thiophene rings is 1. The molecule has 0 aliphatic carbocycles. The van der Waals surface area contributed by atoms with Crippen LogP contribution in [0, 0.1) is 6.92 Å². The summed E-state index contributed by atoms with van der Waals surface area (Å²) in [5, 5.41) is 4.39. The Hall–Kier alpha value is -8.19. The molecule has 0 saturated carbocycles. The predicted octanol–water partition coefficient (Wildman–Crippen LogP) is 15.9. The number of furan rings is 1. The molecule has 0 bridgehead atoms.